The smallest absolute Gasteiger partial charge is 0.300 e. The number of allylic oxidation sites excluding steroid dienone is 1. The van der Waals surface area contributed by atoms with Crippen LogP contribution in [0.2, 0.25) is 0 Å². The zero-order valence-corrected chi connectivity index (χ0v) is 13.0. The molecular formula is C18H23FeN+2. The third-order valence-corrected chi connectivity index (χ3v) is 3.37. The summed E-state index contributed by atoms with van der Waals surface area (Å²) in [5.74, 6) is 1.32. The Kier molecular flexibility index (Phi) is 10.8. The van der Waals surface area contributed by atoms with E-state index in [1.54, 1.807) is 0 Å². The van der Waals surface area contributed by atoms with Gasteiger partial charge in [-0.05, 0) is 83.7 Å². The second-order valence-corrected chi connectivity index (χ2v) is 4.94. The fraction of sp³-hybridized carbons (Fsp3) is 0.333. The molecule has 2 saturated carbocycles. The van der Waals surface area contributed by atoms with Crippen LogP contribution in [0.3, 0.4) is 0 Å². The van der Waals surface area contributed by atoms with Crippen LogP contribution < -0.4 is 0 Å². The fourth-order valence-electron chi connectivity index (χ4n) is 2.30. The summed E-state index contributed by atoms with van der Waals surface area (Å²) in [5, 5.41) is 0. The molecule has 0 spiro atoms. The van der Waals surface area contributed by atoms with Crippen LogP contribution in [-0.2, 0) is 17.1 Å². The molecule has 0 N–H and O–H groups in total. The van der Waals surface area contributed by atoms with E-state index in [1.165, 1.54) is 38.3 Å². The van der Waals surface area contributed by atoms with E-state index in [4.69, 9.17) is 0 Å². The maximum absolute atomic E-state index is 2.53. The summed E-state index contributed by atoms with van der Waals surface area (Å²) in [6.07, 6.45) is 27.1. The maximum Gasteiger partial charge on any atom is 2.00 e. The van der Waals surface area contributed by atoms with Crippen molar-refractivity contribution >= 4 is 0 Å². The standard InChI is InChI=1S/C13H18N.C5H5.Fe/c1-4-10-14(11-5-1)12-6-9-13-7-2-3-8-13;1-2-4-5-3-1;/h2-3,6-9H,1,4-5,10-12H2;1-5H;/q;;+2/b9-6+;;. The second kappa shape index (κ2) is 11.8. The van der Waals surface area contributed by atoms with Gasteiger partial charge in [0.15, 0.2) is 0 Å². The first kappa shape index (κ1) is 18.3. The molecule has 1 aliphatic heterocycles. The number of hydrogen-bond donors (Lipinski definition) is 0. The van der Waals surface area contributed by atoms with E-state index >= 15 is 0 Å². The quantitative estimate of drug-likeness (QED) is 0.722. The predicted molar refractivity (Wildman–Crippen MR) is 81.4 cm³/mol. The summed E-state index contributed by atoms with van der Waals surface area (Å²) in [6, 6.07) is 0. The van der Waals surface area contributed by atoms with Crippen LogP contribution in [-0.4, -0.2) is 24.5 Å². The molecule has 106 valence electrons. The van der Waals surface area contributed by atoms with Crippen molar-refractivity contribution in [3.63, 3.8) is 0 Å². The summed E-state index contributed by atoms with van der Waals surface area (Å²) >= 11 is 0. The van der Waals surface area contributed by atoms with Crippen LogP contribution in [0.4, 0.5) is 0 Å². The van der Waals surface area contributed by atoms with Crippen molar-refractivity contribution in [3.05, 3.63) is 75.9 Å². The van der Waals surface area contributed by atoms with Gasteiger partial charge in [0.25, 0.3) is 0 Å². The second-order valence-electron chi connectivity index (χ2n) is 4.94. The largest absolute Gasteiger partial charge is 2.00 e. The van der Waals surface area contributed by atoms with Gasteiger partial charge in [-0.1, -0.05) is 18.6 Å². The monoisotopic (exact) mass is 309 g/mol. The molecule has 10 radical (unpaired) electrons. The summed E-state index contributed by atoms with van der Waals surface area (Å²) in [6.45, 7) is 3.68. The third-order valence-electron chi connectivity index (χ3n) is 3.37. The van der Waals surface area contributed by atoms with Crippen molar-refractivity contribution in [2.24, 2.45) is 0 Å². The number of hydrogen-bond acceptors (Lipinski definition) is 1. The van der Waals surface area contributed by atoms with Crippen LogP contribution >= 0.6 is 0 Å². The van der Waals surface area contributed by atoms with Gasteiger partial charge in [-0.2, -0.15) is 0 Å². The average molecular weight is 309 g/mol. The van der Waals surface area contributed by atoms with E-state index in [-0.39, 0.29) is 17.1 Å². The third kappa shape index (κ3) is 7.86. The van der Waals surface area contributed by atoms with E-state index in [2.05, 4.69) is 42.7 Å². The maximum atomic E-state index is 2.53. The Labute approximate surface area is 137 Å². The molecule has 20 heavy (non-hydrogen) atoms. The minimum Gasteiger partial charge on any atom is -0.300 e. The molecule has 0 aromatic carbocycles. The van der Waals surface area contributed by atoms with E-state index in [0.29, 0.717) is 0 Å². The van der Waals surface area contributed by atoms with Crippen molar-refractivity contribution < 1.29 is 17.1 Å². The van der Waals surface area contributed by atoms with Gasteiger partial charge < -0.3 is 0 Å². The van der Waals surface area contributed by atoms with Crippen molar-refractivity contribution in [1.82, 2.24) is 4.90 Å². The Morgan fingerprint density at radius 1 is 0.800 bits per heavy atom. The first-order valence-electron chi connectivity index (χ1n) is 7.22. The molecule has 3 fully saturated rings. The number of rotatable bonds is 3. The van der Waals surface area contributed by atoms with Crippen molar-refractivity contribution in [1.29, 1.82) is 0 Å². The fourth-order valence-corrected chi connectivity index (χ4v) is 2.30. The molecule has 2 aliphatic carbocycles. The van der Waals surface area contributed by atoms with Crippen LogP contribution in [0.1, 0.15) is 19.3 Å². The van der Waals surface area contributed by atoms with Gasteiger partial charge in [0, 0.05) is 12.5 Å². The minimum absolute atomic E-state index is 0. The van der Waals surface area contributed by atoms with E-state index in [0.717, 1.165) is 6.54 Å². The molecule has 3 aliphatic rings. The Balaban J connectivity index is 0.000000283. The first-order valence-corrected chi connectivity index (χ1v) is 7.22. The molecule has 3 rings (SSSR count). The molecule has 1 saturated heterocycles. The molecule has 1 heterocycles. The predicted octanol–water partition coefficient (Wildman–Crippen LogP) is 3.45. The number of piperidine rings is 1. The molecule has 0 aromatic heterocycles. The molecule has 0 aromatic rings. The number of nitrogens with zero attached hydrogens (tertiary/aromatic N) is 1. The van der Waals surface area contributed by atoms with Crippen LogP contribution in [0.15, 0.2) is 12.2 Å². The van der Waals surface area contributed by atoms with E-state index in [1.807, 2.05) is 32.1 Å². The summed E-state index contributed by atoms with van der Waals surface area (Å²) < 4.78 is 0. The molecule has 1 nitrogen and oxygen atoms in total. The molecule has 0 atom stereocenters. The van der Waals surface area contributed by atoms with E-state index < -0.39 is 0 Å². The van der Waals surface area contributed by atoms with Crippen molar-refractivity contribution in [2.75, 3.05) is 19.6 Å². The van der Waals surface area contributed by atoms with Crippen LogP contribution in [0.25, 0.3) is 0 Å². The summed E-state index contributed by atoms with van der Waals surface area (Å²) in [7, 11) is 0. The SMILES string of the molecule is [CH]1[CH][CH][CH][CH]1.[CH]1[CH][CH][C](/C=C/CN2CCCCC2)[CH]1.[Fe+2]. The average Bonchev–Trinajstić information content (AvgIpc) is 3.16. The number of likely N-dealkylation sites (tertiary alicyclic amines) is 1. The zero-order chi connectivity index (χ0) is 13.2. The van der Waals surface area contributed by atoms with Gasteiger partial charge >= 0.3 is 17.1 Å². The normalized spacial score (nSPS) is 24.4. The molecule has 0 amide bonds. The van der Waals surface area contributed by atoms with Gasteiger partial charge in [0.1, 0.15) is 0 Å². The minimum atomic E-state index is 0. The van der Waals surface area contributed by atoms with Gasteiger partial charge in [-0.15, -0.1) is 0 Å². The van der Waals surface area contributed by atoms with Crippen molar-refractivity contribution in [2.45, 2.75) is 19.3 Å². The summed E-state index contributed by atoms with van der Waals surface area (Å²) in [5.41, 5.74) is 0. The van der Waals surface area contributed by atoms with Gasteiger partial charge in [0.05, 0.1) is 0 Å². The van der Waals surface area contributed by atoms with Crippen molar-refractivity contribution in [3.8, 4) is 0 Å². The Morgan fingerprint density at radius 3 is 1.90 bits per heavy atom. The van der Waals surface area contributed by atoms with Crippen LogP contribution in [0.5, 0.6) is 0 Å². The first-order chi connectivity index (χ1) is 9.45. The zero-order valence-electron chi connectivity index (χ0n) is 11.9. The van der Waals surface area contributed by atoms with Gasteiger partial charge in [-0.25, -0.2) is 0 Å². The molecule has 0 bridgehead atoms. The molecule has 2 heteroatoms. The molecule has 0 unspecified atom stereocenters. The molecular weight excluding hydrogens is 286 g/mol. The Hall–Kier alpha value is 0.219. The van der Waals surface area contributed by atoms with Gasteiger partial charge in [0.2, 0.25) is 0 Å². The summed E-state index contributed by atoms with van der Waals surface area (Å²) in [4.78, 5) is 2.53. The Bertz CT molecular complexity index is 228. The van der Waals surface area contributed by atoms with Gasteiger partial charge in [-0.3, -0.25) is 4.90 Å². The Morgan fingerprint density at radius 2 is 1.35 bits per heavy atom. The van der Waals surface area contributed by atoms with E-state index in [9.17, 15) is 0 Å². The topological polar surface area (TPSA) is 3.24 Å². The van der Waals surface area contributed by atoms with Crippen LogP contribution in [0, 0.1) is 63.7 Å².